The Morgan fingerprint density at radius 3 is 2.80 bits per heavy atom. The van der Waals surface area contributed by atoms with E-state index >= 15 is 0 Å². The number of nitrogens with zero attached hydrogens (tertiary/aromatic N) is 2. The van der Waals surface area contributed by atoms with E-state index in [1.165, 1.54) is 18.0 Å². The van der Waals surface area contributed by atoms with Crippen LogP contribution in [-0.2, 0) is 16.6 Å². The molecule has 0 unspecified atom stereocenters. The number of carbonyl (C=O) groups is 2. The Hall–Kier alpha value is -2.70. The topological polar surface area (TPSA) is 81.4 Å². The van der Waals surface area contributed by atoms with Crippen LogP contribution in [0.4, 0.5) is 4.39 Å². The number of hydrogen-bond donors (Lipinski definition) is 1. The Morgan fingerprint density at radius 1 is 1.50 bits per heavy atom. The maximum atomic E-state index is 14.0. The van der Waals surface area contributed by atoms with Gasteiger partial charge in [0, 0.05) is 36.3 Å². The largest absolute Gasteiger partial charge is 0.478 e. The molecule has 0 atom stereocenters. The molecule has 1 N–H and O–H groups in total. The van der Waals surface area contributed by atoms with Crippen LogP contribution in [0.1, 0.15) is 15.9 Å². The van der Waals surface area contributed by atoms with E-state index < -0.39 is 17.8 Å². The second-order valence-electron chi connectivity index (χ2n) is 4.04. The number of aromatic carboxylic acids is 1. The molecule has 6 nitrogen and oxygen atoms in total. The molecule has 0 aliphatic carbocycles. The lowest BCUT2D eigenvalue weighted by Gasteiger charge is -2.04. The minimum atomic E-state index is -1.30. The molecule has 0 spiro atoms. The van der Waals surface area contributed by atoms with Gasteiger partial charge in [-0.25, -0.2) is 14.0 Å². The number of carboxylic acid groups (broad SMARTS) is 1. The standard InChI is InChI=1S/C13H11FN2O4/c1-16-6-8-10(15-16)5-9(14)7(12(8)13(18)19)3-4-11(17)20-2/h3-6H,1-2H3,(H,18,19)/b4-3+. The summed E-state index contributed by atoms with van der Waals surface area (Å²) >= 11 is 0. The molecule has 7 heteroatoms. The number of methoxy groups -OCH3 is 1. The van der Waals surface area contributed by atoms with E-state index in [2.05, 4.69) is 9.84 Å². The van der Waals surface area contributed by atoms with Gasteiger partial charge >= 0.3 is 11.9 Å². The first-order valence-corrected chi connectivity index (χ1v) is 5.59. The normalized spacial score (nSPS) is 11.2. The zero-order valence-electron chi connectivity index (χ0n) is 10.8. The van der Waals surface area contributed by atoms with Gasteiger partial charge in [-0.05, 0) is 6.08 Å². The summed E-state index contributed by atoms with van der Waals surface area (Å²) in [6, 6.07) is 1.12. The van der Waals surface area contributed by atoms with E-state index in [1.54, 1.807) is 7.05 Å². The molecule has 2 rings (SSSR count). The maximum Gasteiger partial charge on any atom is 0.337 e. The van der Waals surface area contributed by atoms with Crippen LogP contribution in [0.25, 0.3) is 17.0 Å². The summed E-state index contributed by atoms with van der Waals surface area (Å²) in [4.78, 5) is 22.4. The molecule has 0 bridgehead atoms. The average molecular weight is 278 g/mol. The summed E-state index contributed by atoms with van der Waals surface area (Å²) in [5.74, 6) is -2.77. The SMILES string of the molecule is COC(=O)/C=C/c1c(F)cc2nn(C)cc2c1C(=O)O. The molecule has 2 aromatic rings. The molecule has 1 aromatic carbocycles. The molecule has 0 saturated carbocycles. The number of carboxylic acids is 1. The number of aromatic nitrogens is 2. The molecule has 0 radical (unpaired) electrons. The lowest BCUT2D eigenvalue weighted by Crippen LogP contribution is -2.03. The van der Waals surface area contributed by atoms with Crippen molar-refractivity contribution in [3.05, 3.63) is 35.3 Å². The highest BCUT2D eigenvalue weighted by molar-refractivity contribution is 6.06. The van der Waals surface area contributed by atoms with Gasteiger partial charge in [0.2, 0.25) is 0 Å². The van der Waals surface area contributed by atoms with Gasteiger partial charge in [0.05, 0.1) is 18.2 Å². The molecule has 0 amide bonds. The van der Waals surface area contributed by atoms with Gasteiger partial charge in [-0.2, -0.15) is 5.10 Å². The van der Waals surface area contributed by atoms with Crippen LogP contribution in [-0.4, -0.2) is 33.9 Å². The fraction of sp³-hybridized carbons (Fsp3) is 0.154. The molecular weight excluding hydrogens is 267 g/mol. The van der Waals surface area contributed by atoms with Crippen molar-refractivity contribution < 1.29 is 23.8 Å². The van der Waals surface area contributed by atoms with Crippen LogP contribution in [0.2, 0.25) is 0 Å². The zero-order chi connectivity index (χ0) is 14.9. The highest BCUT2D eigenvalue weighted by atomic mass is 19.1. The molecule has 0 fully saturated rings. The lowest BCUT2D eigenvalue weighted by atomic mass is 10.0. The Labute approximate surface area is 113 Å². The smallest absolute Gasteiger partial charge is 0.337 e. The van der Waals surface area contributed by atoms with Crippen LogP contribution in [0.5, 0.6) is 0 Å². The minimum absolute atomic E-state index is 0.191. The van der Waals surface area contributed by atoms with Gasteiger partial charge in [-0.3, -0.25) is 4.68 Å². The Balaban J connectivity index is 2.72. The average Bonchev–Trinajstić information content (AvgIpc) is 2.74. The summed E-state index contributed by atoms with van der Waals surface area (Å²) in [6.45, 7) is 0. The van der Waals surface area contributed by atoms with Crippen molar-refractivity contribution in [2.45, 2.75) is 0 Å². The lowest BCUT2D eigenvalue weighted by molar-refractivity contribution is -0.134. The number of halogens is 1. The van der Waals surface area contributed by atoms with Gasteiger partial charge in [0.1, 0.15) is 5.82 Å². The summed E-state index contributed by atoms with van der Waals surface area (Å²) in [5, 5.41) is 13.5. The Morgan fingerprint density at radius 2 is 2.20 bits per heavy atom. The molecule has 20 heavy (non-hydrogen) atoms. The van der Waals surface area contributed by atoms with E-state index in [4.69, 9.17) is 0 Å². The Bertz CT molecular complexity index is 734. The van der Waals surface area contributed by atoms with Crippen molar-refractivity contribution in [1.29, 1.82) is 0 Å². The number of benzene rings is 1. The van der Waals surface area contributed by atoms with Gasteiger partial charge in [0.25, 0.3) is 0 Å². The van der Waals surface area contributed by atoms with E-state index in [0.29, 0.717) is 5.39 Å². The number of hydrogen-bond acceptors (Lipinski definition) is 4. The highest BCUT2D eigenvalue weighted by Crippen LogP contribution is 2.25. The van der Waals surface area contributed by atoms with Crippen LogP contribution >= 0.6 is 0 Å². The van der Waals surface area contributed by atoms with Crippen LogP contribution in [0.15, 0.2) is 18.3 Å². The number of carbonyl (C=O) groups excluding carboxylic acids is 1. The third-order valence-corrected chi connectivity index (χ3v) is 2.72. The number of rotatable bonds is 3. The van der Waals surface area contributed by atoms with Gasteiger partial charge in [-0.1, -0.05) is 0 Å². The summed E-state index contributed by atoms with van der Waals surface area (Å²) in [5.41, 5.74) is -0.200. The van der Waals surface area contributed by atoms with Crippen LogP contribution in [0.3, 0.4) is 0 Å². The minimum Gasteiger partial charge on any atom is -0.478 e. The van der Waals surface area contributed by atoms with Crippen molar-refractivity contribution >= 4 is 28.9 Å². The molecule has 104 valence electrons. The number of ether oxygens (including phenoxy) is 1. The third kappa shape index (κ3) is 2.37. The van der Waals surface area contributed by atoms with Gasteiger partial charge in [-0.15, -0.1) is 0 Å². The fourth-order valence-corrected chi connectivity index (χ4v) is 1.88. The van der Waals surface area contributed by atoms with E-state index in [9.17, 15) is 19.1 Å². The quantitative estimate of drug-likeness (QED) is 0.681. The molecular formula is C13H11FN2O4. The van der Waals surface area contributed by atoms with Crippen LogP contribution in [0, 0.1) is 5.82 Å². The zero-order valence-corrected chi connectivity index (χ0v) is 10.8. The van der Waals surface area contributed by atoms with E-state index in [-0.39, 0.29) is 16.6 Å². The summed E-state index contributed by atoms with van der Waals surface area (Å²) in [7, 11) is 2.78. The number of esters is 1. The molecule has 1 aromatic heterocycles. The van der Waals surface area contributed by atoms with Gasteiger partial charge in [0.15, 0.2) is 0 Å². The summed E-state index contributed by atoms with van der Waals surface area (Å²) < 4.78 is 19.8. The fourth-order valence-electron chi connectivity index (χ4n) is 1.88. The first-order valence-electron chi connectivity index (χ1n) is 5.59. The van der Waals surface area contributed by atoms with Crippen molar-refractivity contribution in [3.63, 3.8) is 0 Å². The monoisotopic (exact) mass is 278 g/mol. The van der Waals surface area contributed by atoms with Crippen molar-refractivity contribution in [2.24, 2.45) is 7.05 Å². The van der Waals surface area contributed by atoms with Crippen molar-refractivity contribution in [3.8, 4) is 0 Å². The van der Waals surface area contributed by atoms with Crippen molar-refractivity contribution in [2.75, 3.05) is 7.11 Å². The molecule has 0 aliphatic rings. The molecule has 0 aliphatic heterocycles. The summed E-state index contributed by atoms with van der Waals surface area (Å²) in [6.07, 6.45) is 3.53. The van der Waals surface area contributed by atoms with Crippen LogP contribution < -0.4 is 0 Å². The first kappa shape index (κ1) is 13.7. The third-order valence-electron chi connectivity index (χ3n) is 2.72. The molecule has 0 saturated heterocycles. The predicted molar refractivity (Wildman–Crippen MR) is 68.7 cm³/mol. The van der Waals surface area contributed by atoms with E-state index in [0.717, 1.165) is 18.2 Å². The van der Waals surface area contributed by atoms with Crippen molar-refractivity contribution in [1.82, 2.24) is 9.78 Å². The second-order valence-corrected chi connectivity index (χ2v) is 4.04. The second kappa shape index (κ2) is 5.12. The molecule has 1 heterocycles. The maximum absolute atomic E-state index is 14.0. The van der Waals surface area contributed by atoms with Gasteiger partial charge < -0.3 is 9.84 Å². The predicted octanol–water partition coefficient (Wildman–Crippen LogP) is 1.60. The first-order chi connectivity index (χ1) is 9.43. The Kier molecular flexibility index (Phi) is 3.51. The highest BCUT2D eigenvalue weighted by Gasteiger charge is 2.19. The number of fused-ring (bicyclic) bond motifs is 1. The van der Waals surface area contributed by atoms with E-state index in [1.807, 2.05) is 0 Å². The number of aryl methyl sites for hydroxylation is 1.